The Bertz CT molecular complexity index is 637. The second-order valence-electron chi connectivity index (χ2n) is 4.83. The van der Waals surface area contributed by atoms with Crippen molar-refractivity contribution in [2.75, 3.05) is 13.2 Å². The van der Waals surface area contributed by atoms with Crippen LogP contribution in [0.3, 0.4) is 0 Å². The molecular weight excluding hydrogens is 296 g/mol. The van der Waals surface area contributed by atoms with Gasteiger partial charge in [0.25, 0.3) is 5.56 Å². The number of hydrogen-bond donors (Lipinski definition) is 0. The summed E-state index contributed by atoms with van der Waals surface area (Å²) in [5.41, 5.74) is 0.818. The molecule has 0 aliphatic rings. The van der Waals surface area contributed by atoms with Gasteiger partial charge in [-0.05, 0) is 19.4 Å². The minimum absolute atomic E-state index is 0.201. The lowest BCUT2D eigenvalue weighted by molar-refractivity contribution is -0.144. The molecule has 0 spiro atoms. The molecule has 1 heterocycles. The van der Waals surface area contributed by atoms with Crippen LogP contribution in [0.15, 0.2) is 47.5 Å². The van der Waals surface area contributed by atoms with Gasteiger partial charge in [0, 0.05) is 13.2 Å². The zero-order valence-corrected chi connectivity index (χ0v) is 13.5. The van der Waals surface area contributed by atoms with Gasteiger partial charge >= 0.3 is 0 Å². The molecule has 6 nitrogen and oxygen atoms in total. The first kappa shape index (κ1) is 17.2. The lowest BCUT2D eigenvalue weighted by atomic mass is 10.2. The topological polar surface area (TPSA) is 62.6 Å². The molecule has 6 heteroatoms. The van der Waals surface area contributed by atoms with Gasteiger partial charge in [0.2, 0.25) is 5.88 Å². The van der Waals surface area contributed by atoms with Crippen molar-refractivity contribution in [3.05, 3.63) is 58.6 Å². The van der Waals surface area contributed by atoms with Crippen LogP contribution in [0.1, 0.15) is 19.4 Å². The molecule has 1 aromatic carbocycles. The summed E-state index contributed by atoms with van der Waals surface area (Å²) in [6, 6.07) is 11.1. The van der Waals surface area contributed by atoms with E-state index >= 15 is 0 Å². The standard InChI is InChI=1S/C17H22N2O4/c1-3-21-17(22-4-2)11-19-13-18-15(10-16(19)20)23-12-14-8-6-5-7-9-14/h5-10,13,17H,3-4,11-12H2,1-2H3. The largest absolute Gasteiger partial charge is 0.473 e. The Morgan fingerprint density at radius 1 is 1.13 bits per heavy atom. The quantitative estimate of drug-likeness (QED) is 0.663. The fraction of sp³-hybridized carbons (Fsp3) is 0.412. The summed E-state index contributed by atoms with van der Waals surface area (Å²) in [7, 11) is 0. The van der Waals surface area contributed by atoms with Crippen molar-refractivity contribution < 1.29 is 14.2 Å². The monoisotopic (exact) mass is 318 g/mol. The van der Waals surface area contributed by atoms with Crippen LogP contribution in [0.5, 0.6) is 5.88 Å². The molecule has 1 aromatic heterocycles. The molecule has 124 valence electrons. The molecule has 0 radical (unpaired) electrons. The predicted molar refractivity (Wildman–Crippen MR) is 86.3 cm³/mol. The molecule has 0 atom stereocenters. The van der Waals surface area contributed by atoms with Crippen molar-refractivity contribution in [1.82, 2.24) is 9.55 Å². The fourth-order valence-electron chi connectivity index (χ4n) is 2.04. The second-order valence-corrected chi connectivity index (χ2v) is 4.83. The molecule has 0 N–H and O–H groups in total. The zero-order chi connectivity index (χ0) is 16.5. The summed E-state index contributed by atoms with van der Waals surface area (Å²) < 4.78 is 17.9. The molecule has 2 aromatic rings. The molecule has 0 fully saturated rings. The maximum atomic E-state index is 12.1. The van der Waals surface area contributed by atoms with Gasteiger partial charge in [-0.25, -0.2) is 4.98 Å². The molecular formula is C17H22N2O4. The Kier molecular flexibility index (Phi) is 6.77. The highest BCUT2D eigenvalue weighted by molar-refractivity contribution is 5.15. The average molecular weight is 318 g/mol. The SMILES string of the molecule is CCOC(Cn1cnc(OCc2ccccc2)cc1=O)OCC. The van der Waals surface area contributed by atoms with Gasteiger partial charge in [-0.1, -0.05) is 30.3 Å². The number of hydrogen-bond acceptors (Lipinski definition) is 5. The summed E-state index contributed by atoms with van der Waals surface area (Å²) in [6.45, 7) is 5.47. The minimum Gasteiger partial charge on any atom is -0.473 e. The summed E-state index contributed by atoms with van der Waals surface area (Å²) in [4.78, 5) is 16.3. The summed E-state index contributed by atoms with van der Waals surface area (Å²) >= 11 is 0. The third-order valence-corrected chi connectivity index (χ3v) is 3.13. The third kappa shape index (κ3) is 5.50. The van der Waals surface area contributed by atoms with E-state index < -0.39 is 6.29 Å². The smallest absolute Gasteiger partial charge is 0.257 e. The number of nitrogens with zero attached hydrogens (tertiary/aromatic N) is 2. The Morgan fingerprint density at radius 3 is 2.43 bits per heavy atom. The Balaban J connectivity index is 1.98. The highest BCUT2D eigenvalue weighted by Crippen LogP contribution is 2.07. The molecule has 0 bridgehead atoms. The molecule has 2 rings (SSSR count). The van der Waals surface area contributed by atoms with Crippen LogP contribution < -0.4 is 10.3 Å². The fourth-order valence-corrected chi connectivity index (χ4v) is 2.04. The predicted octanol–water partition coefficient (Wildman–Crippen LogP) is 2.22. The van der Waals surface area contributed by atoms with E-state index in [0.29, 0.717) is 32.2 Å². The highest BCUT2D eigenvalue weighted by Gasteiger charge is 2.11. The maximum Gasteiger partial charge on any atom is 0.257 e. The van der Waals surface area contributed by atoms with E-state index in [2.05, 4.69) is 4.98 Å². The number of ether oxygens (including phenoxy) is 3. The average Bonchev–Trinajstić information content (AvgIpc) is 2.56. The highest BCUT2D eigenvalue weighted by atomic mass is 16.7. The minimum atomic E-state index is -0.458. The molecule has 0 aliphatic heterocycles. The first-order valence-electron chi connectivity index (χ1n) is 7.69. The molecule has 0 saturated carbocycles. The Labute approximate surface area is 135 Å². The van der Waals surface area contributed by atoms with Crippen molar-refractivity contribution in [2.24, 2.45) is 0 Å². The van der Waals surface area contributed by atoms with Crippen LogP contribution in [0.2, 0.25) is 0 Å². The van der Waals surface area contributed by atoms with E-state index in [1.165, 1.54) is 17.0 Å². The van der Waals surface area contributed by atoms with Gasteiger partial charge in [-0.15, -0.1) is 0 Å². The lowest BCUT2D eigenvalue weighted by Crippen LogP contribution is -2.30. The van der Waals surface area contributed by atoms with Gasteiger partial charge in [0.15, 0.2) is 6.29 Å². The van der Waals surface area contributed by atoms with Crippen LogP contribution >= 0.6 is 0 Å². The van der Waals surface area contributed by atoms with Crippen LogP contribution in [0, 0.1) is 0 Å². The van der Waals surface area contributed by atoms with E-state index in [1.54, 1.807) is 0 Å². The third-order valence-electron chi connectivity index (χ3n) is 3.13. The second kappa shape index (κ2) is 9.07. The number of aromatic nitrogens is 2. The summed E-state index contributed by atoms with van der Waals surface area (Å²) in [6.07, 6.45) is 0.994. The van der Waals surface area contributed by atoms with Crippen LogP contribution in [-0.4, -0.2) is 29.1 Å². The summed E-state index contributed by atoms with van der Waals surface area (Å²) in [5.74, 6) is 0.305. The van der Waals surface area contributed by atoms with Crippen LogP contribution in [0.4, 0.5) is 0 Å². The zero-order valence-electron chi connectivity index (χ0n) is 13.5. The first-order chi connectivity index (χ1) is 11.2. The van der Waals surface area contributed by atoms with Gasteiger partial charge < -0.3 is 14.2 Å². The summed E-state index contributed by atoms with van der Waals surface area (Å²) in [5, 5.41) is 0. The Morgan fingerprint density at radius 2 is 1.83 bits per heavy atom. The molecule has 0 aliphatic carbocycles. The van der Waals surface area contributed by atoms with Gasteiger partial charge in [0.05, 0.1) is 12.6 Å². The maximum absolute atomic E-state index is 12.1. The molecule has 23 heavy (non-hydrogen) atoms. The van der Waals surface area contributed by atoms with Crippen molar-refractivity contribution in [3.8, 4) is 5.88 Å². The van der Waals surface area contributed by atoms with Crippen molar-refractivity contribution in [3.63, 3.8) is 0 Å². The number of benzene rings is 1. The molecule has 0 saturated heterocycles. The van der Waals surface area contributed by atoms with Crippen molar-refractivity contribution >= 4 is 0 Å². The van der Waals surface area contributed by atoms with Gasteiger partial charge in [0.1, 0.15) is 12.9 Å². The van der Waals surface area contributed by atoms with Gasteiger partial charge in [-0.3, -0.25) is 9.36 Å². The van der Waals surface area contributed by atoms with Crippen molar-refractivity contribution in [2.45, 2.75) is 33.3 Å². The van der Waals surface area contributed by atoms with E-state index in [-0.39, 0.29) is 5.56 Å². The Hall–Kier alpha value is -2.18. The molecule has 0 unspecified atom stereocenters. The first-order valence-corrected chi connectivity index (χ1v) is 7.69. The van der Waals surface area contributed by atoms with Crippen LogP contribution in [-0.2, 0) is 22.6 Å². The number of rotatable bonds is 9. The van der Waals surface area contributed by atoms with Crippen molar-refractivity contribution in [1.29, 1.82) is 0 Å². The van der Waals surface area contributed by atoms with E-state index in [0.717, 1.165) is 5.56 Å². The van der Waals surface area contributed by atoms with E-state index in [1.807, 2.05) is 44.2 Å². The normalized spacial score (nSPS) is 10.9. The van der Waals surface area contributed by atoms with E-state index in [9.17, 15) is 4.79 Å². The van der Waals surface area contributed by atoms with E-state index in [4.69, 9.17) is 14.2 Å². The van der Waals surface area contributed by atoms with Gasteiger partial charge in [-0.2, -0.15) is 0 Å². The molecule has 0 amide bonds. The lowest BCUT2D eigenvalue weighted by Gasteiger charge is -2.17. The van der Waals surface area contributed by atoms with Crippen LogP contribution in [0.25, 0.3) is 0 Å².